The van der Waals surface area contributed by atoms with Crippen LogP contribution in [-0.4, -0.2) is 23.7 Å². The fraction of sp³-hybridized carbons (Fsp3) is 0.0909. The van der Waals surface area contributed by atoms with Crippen LogP contribution in [0.4, 0.5) is 10.5 Å². The van der Waals surface area contributed by atoms with Crippen molar-refractivity contribution in [1.29, 1.82) is 0 Å². The first-order valence-corrected chi connectivity index (χ1v) is 9.13. The predicted molar refractivity (Wildman–Crippen MR) is 106 cm³/mol. The van der Waals surface area contributed by atoms with E-state index in [1.807, 2.05) is 0 Å². The summed E-state index contributed by atoms with van der Waals surface area (Å²) in [5, 5.41) is 10.7. The van der Waals surface area contributed by atoms with Gasteiger partial charge in [0.05, 0.1) is 4.92 Å². The first-order chi connectivity index (χ1) is 15.0. The maximum absolute atomic E-state index is 13.1. The summed E-state index contributed by atoms with van der Waals surface area (Å²) in [4.78, 5) is 35.6. The molecule has 0 spiro atoms. The van der Waals surface area contributed by atoms with Crippen LogP contribution in [0.15, 0.2) is 72.8 Å². The van der Waals surface area contributed by atoms with Gasteiger partial charge in [0.25, 0.3) is 5.69 Å². The number of nitro benzene ring substituents is 1. The Morgan fingerprint density at radius 3 is 2.35 bits per heavy atom. The summed E-state index contributed by atoms with van der Waals surface area (Å²) >= 11 is 0. The highest BCUT2D eigenvalue weighted by atomic mass is 16.7. The molecule has 4 rings (SSSR count). The van der Waals surface area contributed by atoms with Crippen LogP contribution >= 0.6 is 0 Å². The van der Waals surface area contributed by atoms with Crippen LogP contribution in [0.5, 0.6) is 17.2 Å². The van der Waals surface area contributed by atoms with E-state index in [1.54, 1.807) is 48.5 Å². The summed E-state index contributed by atoms with van der Waals surface area (Å²) in [5.74, 6) is 0.520. The molecule has 156 valence electrons. The van der Waals surface area contributed by atoms with Crippen molar-refractivity contribution in [2.45, 2.75) is 6.10 Å². The van der Waals surface area contributed by atoms with Crippen LogP contribution in [0, 0.1) is 10.1 Å². The minimum Gasteiger partial charge on any atom is -0.454 e. The third-order valence-corrected chi connectivity index (χ3v) is 4.46. The van der Waals surface area contributed by atoms with Gasteiger partial charge < -0.3 is 18.9 Å². The number of benzene rings is 3. The van der Waals surface area contributed by atoms with Gasteiger partial charge in [-0.1, -0.05) is 36.4 Å². The van der Waals surface area contributed by atoms with Crippen molar-refractivity contribution in [3.8, 4) is 17.2 Å². The van der Waals surface area contributed by atoms with Crippen molar-refractivity contribution in [3.05, 3.63) is 94.0 Å². The van der Waals surface area contributed by atoms with Crippen molar-refractivity contribution < 1.29 is 33.5 Å². The Kier molecular flexibility index (Phi) is 5.48. The third-order valence-electron chi connectivity index (χ3n) is 4.46. The number of hydrogen-bond acceptors (Lipinski definition) is 8. The Morgan fingerprint density at radius 1 is 0.935 bits per heavy atom. The molecule has 1 aliphatic rings. The van der Waals surface area contributed by atoms with Gasteiger partial charge in [-0.25, -0.2) is 4.79 Å². The molecule has 0 N–H and O–H groups in total. The van der Waals surface area contributed by atoms with Crippen LogP contribution in [0.25, 0.3) is 0 Å². The van der Waals surface area contributed by atoms with E-state index in [9.17, 15) is 19.7 Å². The van der Waals surface area contributed by atoms with Gasteiger partial charge in [0.15, 0.2) is 17.6 Å². The molecule has 31 heavy (non-hydrogen) atoms. The number of fused-ring (bicyclic) bond motifs is 1. The average Bonchev–Trinajstić information content (AvgIpc) is 3.26. The molecule has 3 aromatic rings. The molecule has 0 amide bonds. The molecule has 9 nitrogen and oxygen atoms in total. The smallest absolute Gasteiger partial charge is 0.454 e. The van der Waals surface area contributed by atoms with Crippen LogP contribution < -0.4 is 14.2 Å². The Balaban J connectivity index is 1.57. The molecule has 1 aliphatic heterocycles. The van der Waals surface area contributed by atoms with E-state index < -0.39 is 23.0 Å². The summed E-state index contributed by atoms with van der Waals surface area (Å²) in [5.41, 5.74) is 0.560. The number of ether oxygens (including phenoxy) is 4. The van der Waals surface area contributed by atoms with Gasteiger partial charge in [-0.05, 0) is 24.3 Å². The van der Waals surface area contributed by atoms with Gasteiger partial charge in [-0.15, -0.1) is 0 Å². The molecule has 0 fully saturated rings. The Morgan fingerprint density at radius 2 is 1.65 bits per heavy atom. The second kappa shape index (κ2) is 8.54. The standard InChI is InChI=1S/C22H15NO8/c24-20(14-4-2-1-3-5-14)21(15-6-11-18-19(12-15)29-13-28-18)31-22(25)30-17-9-7-16(8-10-17)23(26)27/h1-12,21H,13H2. The molecule has 0 aromatic heterocycles. The third kappa shape index (κ3) is 4.45. The molecule has 1 heterocycles. The largest absolute Gasteiger partial charge is 0.514 e. The number of hydrogen-bond donors (Lipinski definition) is 0. The van der Waals surface area contributed by atoms with Crippen molar-refractivity contribution in [3.63, 3.8) is 0 Å². The molecule has 9 heteroatoms. The first-order valence-electron chi connectivity index (χ1n) is 9.13. The SMILES string of the molecule is O=C(Oc1ccc([N+](=O)[O-])cc1)OC(C(=O)c1ccccc1)c1ccc2c(c1)OCO2. The lowest BCUT2D eigenvalue weighted by molar-refractivity contribution is -0.384. The monoisotopic (exact) mass is 421 g/mol. The van der Waals surface area contributed by atoms with E-state index in [4.69, 9.17) is 18.9 Å². The second-order valence-electron chi connectivity index (χ2n) is 6.44. The molecule has 0 aliphatic carbocycles. The highest BCUT2D eigenvalue weighted by Gasteiger charge is 2.29. The number of non-ortho nitro benzene ring substituents is 1. The quantitative estimate of drug-likeness (QED) is 0.188. The van der Waals surface area contributed by atoms with Crippen molar-refractivity contribution in [2.24, 2.45) is 0 Å². The van der Waals surface area contributed by atoms with E-state index in [0.717, 1.165) is 0 Å². The molecule has 0 bridgehead atoms. The fourth-order valence-corrected chi connectivity index (χ4v) is 2.96. The zero-order valence-electron chi connectivity index (χ0n) is 15.9. The van der Waals surface area contributed by atoms with E-state index in [1.165, 1.54) is 24.3 Å². The van der Waals surface area contributed by atoms with Gasteiger partial charge in [0.1, 0.15) is 5.75 Å². The predicted octanol–water partition coefficient (Wildman–Crippen LogP) is 4.46. The molecule has 1 unspecified atom stereocenters. The van der Waals surface area contributed by atoms with E-state index in [-0.39, 0.29) is 18.2 Å². The van der Waals surface area contributed by atoms with Crippen LogP contribution in [0.1, 0.15) is 22.0 Å². The van der Waals surface area contributed by atoms with Gasteiger partial charge in [0.2, 0.25) is 12.6 Å². The Hall–Kier alpha value is -4.40. The maximum Gasteiger partial charge on any atom is 0.514 e. The van der Waals surface area contributed by atoms with Gasteiger partial charge in [0, 0.05) is 23.3 Å². The molecule has 1 atom stereocenters. The van der Waals surface area contributed by atoms with Crippen molar-refractivity contribution in [1.82, 2.24) is 0 Å². The summed E-state index contributed by atoms with van der Waals surface area (Å²) in [6, 6.07) is 18.0. The number of carbonyl (C=O) groups is 2. The molecule has 0 saturated heterocycles. The molecule has 3 aromatic carbocycles. The minimum atomic E-state index is -1.30. The lowest BCUT2D eigenvalue weighted by Gasteiger charge is -2.17. The zero-order chi connectivity index (χ0) is 21.8. The average molecular weight is 421 g/mol. The molecular weight excluding hydrogens is 406 g/mol. The van der Waals surface area contributed by atoms with Gasteiger partial charge in [-0.2, -0.15) is 0 Å². The lowest BCUT2D eigenvalue weighted by atomic mass is 9.99. The van der Waals surface area contributed by atoms with E-state index in [2.05, 4.69) is 0 Å². The molecule has 0 saturated carbocycles. The lowest BCUT2D eigenvalue weighted by Crippen LogP contribution is -2.22. The number of nitrogens with zero attached hydrogens (tertiary/aromatic N) is 1. The summed E-state index contributed by atoms with van der Waals surface area (Å²) < 4.78 is 21.1. The van der Waals surface area contributed by atoms with Crippen LogP contribution in [0.3, 0.4) is 0 Å². The number of Topliss-reactive ketones (excluding diaryl/α,β-unsaturated/α-hetero) is 1. The number of ketones is 1. The van der Waals surface area contributed by atoms with E-state index >= 15 is 0 Å². The Bertz CT molecular complexity index is 1130. The van der Waals surface area contributed by atoms with Gasteiger partial charge >= 0.3 is 6.16 Å². The van der Waals surface area contributed by atoms with E-state index in [0.29, 0.717) is 22.6 Å². The molecular formula is C22H15NO8. The molecule has 0 radical (unpaired) electrons. The normalized spacial score (nSPS) is 12.6. The van der Waals surface area contributed by atoms with Gasteiger partial charge in [-0.3, -0.25) is 14.9 Å². The highest BCUT2D eigenvalue weighted by molar-refractivity contribution is 6.00. The fourth-order valence-electron chi connectivity index (χ4n) is 2.96. The number of nitro groups is 1. The second-order valence-corrected chi connectivity index (χ2v) is 6.44. The highest BCUT2D eigenvalue weighted by Crippen LogP contribution is 2.36. The summed E-state index contributed by atoms with van der Waals surface area (Å²) in [7, 11) is 0. The Labute approximate surface area is 175 Å². The first kappa shape index (κ1) is 19.9. The van der Waals surface area contributed by atoms with Crippen molar-refractivity contribution in [2.75, 3.05) is 6.79 Å². The summed E-state index contributed by atoms with van der Waals surface area (Å²) in [6.07, 6.45) is -2.44. The van der Waals surface area contributed by atoms with Crippen molar-refractivity contribution >= 4 is 17.6 Å². The maximum atomic E-state index is 13.1. The minimum absolute atomic E-state index is 0.0344. The number of carbonyl (C=O) groups excluding carboxylic acids is 2. The zero-order valence-corrected chi connectivity index (χ0v) is 15.9. The number of rotatable bonds is 6. The summed E-state index contributed by atoms with van der Waals surface area (Å²) in [6.45, 7) is 0.0547. The van der Waals surface area contributed by atoms with Crippen LogP contribution in [-0.2, 0) is 4.74 Å². The van der Waals surface area contributed by atoms with Crippen LogP contribution in [0.2, 0.25) is 0 Å². The topological polar surface area (TPSA) is 114 Å².